The Hall–Kier alpha value is -4.37. The number of nitrogens with zero attached hydrogens (tertiary/aromatic N) is 6. The zero-order chi connectivity index (χ0) is 27.8. The molecule has 38 heavy (non-hydrogen) atoms. The lowest BCUT2D eigenvalue weighted by Crippen LogP contribution is -2.38. The van der Waals surface area contributed by atoms with Crippen molar-refractivity contribution in [2.75, 3.05) is 32.1 Å². The normalized spacial score (nSPS) is 15.4. The molecular formula is C26H25F3N6O3. The van der Waals surface area contributed by atoms with Gasteiger partial charge in [-0.2, -0.15) is 18.4 Å². The lowest BCUT2D eigenvalue weighted by Gasteiger charge is -2.35. The summed E-state index contributed by atoms with van der Waals surface area (Å²) in [5.74, 6) is -0.689. The molecule has 0 bridgehead atoms. The molecule has 0 fully saturated rings. The number of halogens is 3. The van der Waals surface area contributed by atoms with Crippen molar-refractivity contribution in [2.24, 2.45) is 7.05 Å². The maximum atomic E-state index is 13.5. The zero-order valence-corrected chi connectivity index (χ0v) is 21.2. The van der Waals surface area contributed by atoms with Crippen LogP contribution in [-0.4, -0.2) is 52.5 Å². The van der Waals surface area contributed by atoms with Gasteiger partial charge in [0.1, 0.15) is 12.6 Å². The van der Waals surface area contributed by atoms with Crippen LogP contribution < -0.4 is 10.6 Å². The van der Waals surface area contributed by atoms with E-state index >= 15 is 0 Å². The van der Waals surface area contributed by atoms with Crippen molar-refractivity contribution in [3.8, 4) is 6.07 Å². The van der Waals surface area contributed by atoms with Crippen LogP contribution in [0.1, 0.15) is 29.7 Å². The van der Waals surface area contributed by atoms with Gasteiger partial charge in [0.05, 0.1) is 22.8 Å². The Morgan fingerprint density at radius 1 is 1.18 bits per heavy atom. The van der Waals surface area contributed by atoms with E-state index in [2.05, 4.69) is 5.10 Å². The minimum Gasteiger partial charge on any atom is -0.461 e. The molecule has 1 atom stereocenters. The van der Waals surface area contributed by atoms with Crippen molar-refractivity contribution in [1.82, 2.24) is 19.2 Å². The van der Waals surface area contributed by atoms with E-state index in [9.17, 15) is 28.0 Å². The molecule has 3 aromatic rings. The van der Waals surface area contributed by atoms with E-state index in [1.54, 1.807) is 31.2 Å². The number of benzene rings is 2. The Morgan fingerprint density at radius 3 is 2.47 bits per heavy atom. The summed E-state index contributed by atoms with van der Waals surface area (Å²) in [5, 5.41) is 13.5. The van der Waals surface area contributed by atoms with Crippen molar-refractivity contribution < 1.29 is 22.7 Å². The predicted molar refractivity (Wildman–Crippen MR) is 133 cm³/mol. The third-order valence-corrected chi connectivity index (χ3v) is 6.17. The van der Waals surface area contributed by atoms with Crippen LogP contribution in [0.2, 0.25) is 0 Å². The van der Waals surface area contributed by atoms with Crippen LogP contribution in [0, 0.1) is 11.3 Å². The van der Waals surface area contributed by atoms with E-state index in [1.807, 2.05) is 25.1 Å². The fourth-order valence-corrected chi connectivity index (χ4v) is 4.29. The number of allylic oxidation sites excluding steroid dienone is 1. The SMILES string of the molecule is CC1=C(C(=O)OCCN(C)C)C(c2ccc(C#N)cc2)n2c(nn(C)c2=O)N1c1cccc(C(F)(F)F)c1. The minimum atomic E-state index is -4.60. The number of carbonyl (C=O) groups excluding carboxylic acids is 1. The zero-order valence-electron chi connectivity index (χ0n) is 21.2. The highest BCUT2D eigenvalue weighted by Gasteiger charge is 2.41. The third-order valence-electron chi connectivity index (χ3n) is 6.17. The van der Waals surface area contributed by atoms with Gasteiger partial charge < -0.3 is 9.64 Å². The van der Waals surface area contributed by atoms with E-state index in [0.717, 1.165) is 16.8 Å². The molecule has 0 radical (unpaired) electrons. The molecule has 0 saturated carbocycles. The first-order chi connectivity index (χ1) is 17.9. The molecule has 1 unspecified atom stereocenters. The summed E-state index contributed by atoms with van der Waals surface area (Å²) >= 11 is 0. The summed E-state index contributed by atoms with van der Waals surface area (Å²) in [6.45, 7) is 2.07. The first kappa shape index (κ1) is 26.7. The Labute approximate surface area is 216 Å². The van der Waals surface area contributed by atoms with Gasteiger partial charge in [0.2, 0.25) is 5.95 Å². The van der Waals surface area contributed by atoms with Crippen LogP contribution in [0.25, 0.3) is 0 Å². The van der Waals surface area contributed by atoms with Gasteiger partial charge in [-0.15, -0.1) is 5.10 Å². The van der Waals surface area contributed by atoms with Gasteiger partial charge in [-0.3, -0.25) is 4.90 Å². The van der Waals surface area contributed by atoms with E-state index < -0.39 is 29.4 Å². The number of hydrogen-bond donors (Lipinski definition) is 0. The van der Waals surface area contributed by atoms with Gasteiger partial charge in [0, 0.05) is 25.0 Å². The van der Waals surface area contributed by atoms with E-state index in [1.165, 1.54) is 28.6 Å². The van der Waals surface area contributed by atoms with Crippen LogP contribution in [-0.2, 0) is 22.8 Å². The average Bonchev–Trinajstić information content (AvgIpc) is 3.16. The molecular weight excluding hydrogens is 501 g/mol. The van der Waals surface area contributed by atoms with Gasteiger partial charge >= 0.3 is 17.8 Å². The molecule has 9 nitrogen and oxygen atoms in total. The first-order valence-corrected chi connectivity index (χ1v) is 11.6. The fourth-order valence-electron chi connectivity index (χ4n) is 4.29. The summed E-state index contributed by atoms with van der Waals surface area (Å²) in [4.78, 5) is 30.0. The predicted octanol–water partition coefficient (Wildman–Crippen LogP) is 3.59. The number of likely N-dealkylation sites (N-methyl/N-ethyl adjacent to an activating group) is 1. The molecule has 1 aromatic heterocycles. The molecule has 0 spiro atoms. The molecule has 1 aliphatic rings. The van der Waals surface area contributed by atoms with Crippen LogP contribution in [0.4, 0.5) is 24.8 Å². The number of esters is 1. The number of aromatic nitrogens is 3. The number of hydrogen-bond acceptors (Lipinski definition) is 7. The average molecular weight is 527 g/mol. The number of nitriles is 1. The standard InChI is InChI=1S/C26H25F3N6O3/c1-16-21(23(36)38-13-12-32(2)3)22(18-10-8-17(15-30)9-11-18)35-24(31-33(4)25(35)37)34(16)20-7-5-6-19(14-20)26(27,28)29/h5-11,14,22H,12-13H2,1-4H3. The molecule has 1 aliphatic heterocycles. The summed E-state index contributed by atoms with van der Waals surface area (Å²) < 4.78 is 48.5. The maximum Gasteiger partial charge on any atom is 0.416 e. The number of anilines is 2. The van der Waals surface area contributed by atoms with Gasteiger partial charge in [-0.05, 0) is 56.9 Å². The lowest BCUT2D eigenvalue weighted by molar-refractivity contribution is -0.140. The maximum absolute atomic E-state index is 13.5. The Morgan fingerprint density at radius 2 is 1.87 bits per heavy atom. The second kappa shape index (κ2) is 10.2. The van der Waals surface area contributed by atoms with Crippen molar-refractivity contribution in [3.05, 3.63) is 87.0 Å². The molecule has 12 heteroatoms. The quantitative estimate of drug-likeness (QED) is 0.453. The van der Waals surface area contributed by atoms with E-state index in [0.29, 0.717) is 17.7 Å². The summed E-state index contributed by atoms with van der Waals surface area (Å²) in [6.07, 6.45) is -4.60. The lowest BCUT2D eigenvalue weighted by atomic mass is 9.93. The number of fused-ring (bicyclic) bond motifs is 1. The molecule has 198 valence electrons. The van der Waals surface area contributed by atoms with Gasteiger partial charge in [0.15, 0.2) is 0 Å². The van der Waals surface area contributed by atoms with Crippen LogP contribution in [0.15, 0.2) is 64.6 Å². The molecule has 4 rings (SSSR count). The second-order valence-electron chi connectivity index (χ2n) is 9.03. The largest absolute Gasteiger partial charge is 0.461 e. The third kappa shape index (κ3) is 4.92. The van der Waals surface area contributed by atoms with Crippen molar-refractivity contribution in [1.29, 1.82) is 5.26 Å². The van der Waals surface area contributed by atoms with E-state index in [4.69, 9.17) is 4.74 Å². The molecule has 0 saturated heterocycles. The molecule has 2 aromatic carbocycles. The number of alkyl halides is 3. The first-order valence-electron chi connectivity index (χ1n) is 11.6. The Balaban J connectivity index is 1.96. The Kier molecular flexibility index (Phi) is 7.15. The Bertz CT molecular complexity index is 1500. The second-order valence-corrected chi connectivity index (χ2v) is 9.03. The monoisotopic (exact) mass is 526 g/mol. The van der Waals surface area contributed by atoms with Crippen molar-refractivity contribution >= 4 is 17.6 Å². The highest BCUT2D eigenvalue weighted by atomic mass is 19.4. The van der Waals surface area contributed by atoms with Crippen molar-refractivity contribution in [3.63, 3.8) is 0 Å². The highest BCUT2D eigenvalue weighted by Crippen LogP contribution is 2.43. The summed E-state index contributed by atoms with van der Waals surface area (Å²) in [5.41, 5.74) is -0.205. The van der Waals surface area contributed by atoms with Crippen LogP contribution >= 0.6 is 0 Å². The van der Waals surface area contributed by atoms with Crippen LogP contribution in [0.3, 0.4) is 0 Å². The van der Waals surface area contributed by atoms with E-state index in [-0.39, 0.29) is 29.5 Å². The minimum absolute atomic E-state index is 0.0357. The summed E-state index contributed by atoms with van der Waals surface area (Å²) in [7, 11) is 5.04. The molecule has 0 aliphatic carbocycles. The van der Waals surface area contributed by atoms with Crippen LogP contribution in [0.5, 0.6) is 0 Å². The highest BCUT2D eigenvalue weighted by molar-refractivity contribution is 5.93. The van der Waals surface area contributed by atoms with Crippen molar-refractivity contribution in [2.45, 2.75) is 19.1 Å². The number of carbonyl (C=O) groups is 1. The number of ether oxygens (including phenoxy) is 1. The number of aryl methyl sites for hydroxylation is 1. The fraction of sp³-hybridized carbons (Fsp3) is 0.308. The number of rotatable bonds is 6. The smallest absolute Gasteiger partial charge is 0.416 e. The molecule has 0 amide bonds. The molecule has 0 N–H and O–H groups in total. The topological polar surface area (TPSA) is 96.4 Å². The van der Waals surface area contributed by atoms with Gasteiger partial charge in [0.25, 0.3) is 0 Å². The van der Waals surface area contributed by atoms with Gasteiger partial charge in [-0.25, -0.2) is 18.8 Å². The summed E-state index contributed by atoms with van der Waals surface area (Å²) in [6, 6.07) is 11.9. The molecule has 2 heterocycles. The van der Waals surface area contributed by atoms with Gasteiger partial charge in [-0.1, -0.05) is 18.2 Å².